The van der Waals surface area contributed by atoms with Crippen molar-refractivity contribution < 1.29 is 9.18 Å². The summed E-state index contributed by atoms with van der Waals surface area (Å²) in [5.74, 6) is -0.0746. The van der Waals surface area contributed by atoms with Crippen LogP contribution in [0.5, 0.6) is 0 Å². The number of benzene rings is 2. The number of anilines is 2. The van der Waals surface area contributed by atoms with Crippen LogP contribution in [0, 0.1) is 12.7 Å². The van der Waals surface area contributed by atoms with Gasteiger partial charge in [-0.05, 0) is 61.2 Å². The van der Waals surface area contributed by atoms with Crippen molar-refractivity contribution in [2.75, 3.05) is 23.4 Å². The summed E-state index contributed by atoms with van der Waals surface area (Å²) in [6.45, 7) is 2.10. The normalized spacial score (nSPS) is 10.7. The fraction of sp³-hybridized carbons (Fsp3) is 0.125. The van der Waals surface area contributed by atoms with Gasteiger partial charge in [0.25, 0.3) is 0 Å². The van der Waals surface area contributed by atoms with Crippen molar-refractivity contribution in [2.24, 2.45) is 0 Å². The van der Waals surface area contributed by atoms with Gasteiger partial charge in [-0.25, -0.2) is 14.4 Å². The lowest BCUT2D eigenvalue weighted by atomic mass is 10.1. The van der Waals surface area contributed by atoms with Crippen LogP contribution >= 0.6 is 11.8 Å². The highest BCUT2D eigenvalue weighted by molar-refractivity contribution is 7.98. The standard InChI is InChI=1S/C24H22FN5OS/c1-15-5-3-4-6-19(15)27-14-21(31)28-20-13-17(11-12-26-20)23-22(29-24(30-23)32-2)16-7-9-18(25)10-8-16/h3-13,27H,14H2,1-2H3,(H,29,30)(H,26,28,31). The first-order chi connectivity index (χ1) is 15.5. The van der Waals surface area contributed by atoms with Crippen LogP contribution in [-0.2, 0) is 4.79 Å². The Kier molecular flexibility index (Phi) is 6.51. The van der Waals surface area contributed by atoms with Gasteiger partial charge in [0.15, 0.2) is 5.16 Å². The second-order valence-corrected chi connectivity index (χ2v) is 7.92. The van der Waals surface area contributed by atoms with Crippen molar-refractivity contribution in [3.05, 3.63) is 78.2 Å². The molecular weight excluding hydrogens is 425 g/mol. The number of halogens is 1. The van der Waals surface area contributed by atoms with E-state index in [0.717, 1.165) is 33.2 Å². The molecule has 0 saturated carbocycles. The van der Waals surface area contributed by atoms with Crippen LogP contribution in [-0.4, -0.2) is 33.7 Å². The summed E-state index contributed by atoms with van der Waals surface area (Å²) < 4.78 is 13.4. The van der Waals surface area contributed by atoms with Gasteiger partial charge in [-0.1, -0.05) is 30.0 Å². The molecule has 162 valence electrons. The Morgan fingerprint density at radius 2 is 1.88 bits per heavy atom. The molecule has 3 N–H and O–H groups in total. The summed E-state index contributed by atoms with van der Waals surface area (Å²) in [6.07, 6.45) is 3.55. The number of nitrogens with zero attached hydrogens (tertiary/aromatic N) is 2. The molecule has 1 amide bonds. The number of aromatic nitrogens is 3. The number of pyridine rings is 1. The molecule has 0 unspecified atom stereocenters. The van der Waals surface area contributed by atoms with E-state index >= 15 is 0 Å². The summed E-state index contributed by atoms with van der Waals surface area (Å²) in [7, 11) is 0. The van der Waals surface area contributed by atoms with Gasteiger partial charge in [0.05, 0.1) is 17.9 Å². The Hall–Kier alpha value is -3.65. The van der Waals surface area contributed by atoms with Gasteiger partial charge in [0.1, 0.15) is 11.6 Å². The van der Waals surface area contributed by atoms with Gasteiger partial charge in [-0.15, -0.1) is 0 Å². The van der Waals surface area contributed by atoms with E-state index in [1.807, 2.05) is 43.5 Å². The van der Waals surface area contributed by atoms with E-state index in [1.54, 1.807) is 24.4 Å². The second-order valence-electron chi connectivity index (χ2n) is 7.12. The summed E-state index contributed by atoms with van der Waals surface area (Å²) >= 11 is 1.48. The van der Waals surface area contributed by atoms with E-state index in [2.05, 4.69) is 25.6 Å². The lowest BCUT2D eigenvalue weighted by Crippen LogP contribution is -2.22. The summed E-state index contributed by atoms with van der Waals surface area (Å²) in [4.78, 5) is 24.7. The molecule has 8 heteroatoms. The third kappa shape index (κ3) is 4.97. The lowest BCUT2D eigenvalue weighted by molar-refractivity contribution is -0.114. The number of rotatable bonds is 7. The van der Waals surface area contributed by atoms with E-state index in [-0.39, 0.29) is 18.3 Å². The number of aryl methyl sites for hydroxylation is 1. The minimum absolute atomic E-state index is 0.122. The first-order valence-corrected chi connectivity index (χ1v) is 11.2. The molecule has 2 heterocycles. The largest absolute Gasteiger partial charge is 0.376 e. The highest BCUT2D eigenvalue weighted by atomic mass is 32.2. The van der Waals surface area contributed by atoms with E-state index < -0.39 is 0 Å². The Morgan fingerprint density at radius 1 is 1.09 bits per heavy atom. The lowest BCUT2D eigenvalue weighted by Gasteiger charge is -2.10. The number of hydrogen-bond acceptors (Lipinski definition) is 5. The number of carbonyl (C=O) groups excluding carboxylic acids is 1. The fourth-order valence-corrected chi connectivity index (χ4v) is 3.65. The third-order valence-corrected chi connectivity index (χ3v) is 5.47. The van der Waals surface area contributed by atoms with Crippen LogP contribution in [0.15, 0.2) is 72.0 Å². The van der Waals surface area contributed by atoms with Crippen LogP contribution in [0.1, 0.15) is 5.56 Å². The van der Waals surface area contributed by atoms with Gasteiger partial charge in [0, 0.05) is 23.0 Å². The van der Waals surface area contributed by atoms with E-state index in [0.29, 0.717) is 11.5 Å². The zero-order chi connectivity index (χ0) is 22.5. The number of H-pyrrole nitrogens is 1. The number of para-hydroxylation sites is 1. The zero-order valence-electron chi connectivity index (χ0n) is 17.6. The average Bonchev–Trinajstić information content (AvgIpc) is 3.24. The van der Waals surface area contributed by atoms with E-state index in [4.69, 9.17) is 0 Å². The van der Waals surface area contributed by atoms with Crippen LogP contribution in [0.25, 0.3) is 22.5 Å². The van der Waals surface area contributed by atoms with Gasteiger partial charge in [-0.2, -0.15) is 0 Å². The third-order valence-electron chi connectivity index (χ3n) is 4.89. The summed E-state index contributed by atoms with van der Waals surface area (Å²) in [5.41, 5.74) is 5.07. The molecule has 0 saturated heterocycles. The number of thioether (sulfide) groups is 1. The zero-order valence-corrected chi connectivity index (χ0v) is 18.5. The smallest absolute Gasteiger partial charge is 0.244 e. The maximum absolute atomic E-state index is 13.4. The predicted molar refractivity (Wildman–Crippen MR) is 127 cm³/mol. The molecule has 2 aromatic carbocycles. The molecule has 4 rings (SSSR count). The van der Waals surface area contributed by atoms with Crippen molar-refractivity contribution in [2.45, 2.75) is 12.1 Å². The second kappa shape index (κ2) is 9.65. The highest BCUT2D eigenvalue weighted by Crippen LogP contribution is 2.33. The average molecular weight is 448 g/mol. The van der Waals surface area contributed by atoms with Gasteiger partial charge in [0.2, 0.25) is 5.91 Å². The van der Waals surface area contributed by atoms with E-state index in [9.17, 15) is 9.18 Å². The number of hydrogen-bond donors (Lipinski definition) is 3. The summed E-state index contributed by atoms with van der Waals surface area (Å²) in [5, 5.41) is 6.70. The van der Waals surface area contributed by atoms with Gasteiger partial charge < -0.3 is 15.6 Å². The molecule has 6 nitrogen and oxygen atoms in total. The molecule has 2 aromatic heterocycles. The Morgan fingerprint density at radius 3 is 2.62 bits per heavy atom. The molecular formula is C24H22FN5OS. The van der Waals surface area contributed by atoms with Crippen molar-refractivity contribution in [3.8, 4) is 22.5 Å². The molecule has 0 aliphatic rings. The quantitative estimate of drug-likeness (QED) is 0.332. The molecule has 0 atom stereocenters. The van der Waals surface area contributed by atoms with Crippen LogP contribution in [0.2, 0.25) is 0 Å². The number of aromatic amines is 1. The monoisotopic (exact) mass is 447 g/mol. The van der Waals surface area contributed by atoms with Crippen LogP contribution in [0.3, 0.4) is 0 Å². The fourth-order valence-electron chi connectivity index (χ4n) is 3.26. The number of carbonyl (C=O) groups is 1. The molecule has 4 aromatic rings. The van der Waals surface area contributed by atoms with Crippen molar-refractivity contribution in [3.63, 3.8) is 0 Å². The molecule has 0 aliphatic carbocycles. The van der Waals surface area contributed by atoms with Gasteiger partial charge in [-0.3, -0.25) is 4.79 Å². The minimum atomic E-state index is -0.298. The Balaban J connectivity index is 1.54. The predicted octanol–water partition coefficient (Wildman–Crippen LogP) is 5.36. The van der Waals surface area contributed by atoms with Crippen molar-refractivity contribution in [1.82, 2.24) is 15.0 Å². The first kappa shape index (κ1) is 21.6. The maximum Gasteiger partial charge on any atom is 0.244 e. The Labute approximate surface area is 189 Å². The Bertz CT molecular complexity index is 1240. The van der Waals surface area contributed by atoms with Crippen LogP contribution in [0.4, 0.5) is 15.9 Å². The first-order valence-electron chi connectivity index (χ1n) is 9.99. The molecule has 0 bridgehead atoms. The topological polar surface area (TPSA) is 82.7 Å². The molecule has 0 fully saturated rings. The molecule has 0 aliphatic heterocycles. The molecule has 0 radical (unpaired) electrons. The number of imidazole rings is 1. The maximum atomic E-state index is 13.4. The molecule has 32 heavy (non-hydrogen) atoms. The summed E-state index contributed by atoms with van der Waals surface area (Å²) in [6, 6.07) is 17.6. The SMILES string of the molecule is CSc1nc(-c2ccnc(NC(=O)CNc3ccccc3C)c2)c(-c2ccc(F)cc2)[nH]1. The van der Waals surface area contributed by atoms with Gasteiger partial charge >= 0.3 is 0 Å². The molecule has 0 spiro atoms. The number of nitrogens with one attached hydrogen (secondary N) is 3. The van der Waals surface area contributed by atoms with Crippen molar-refractivity contribution in [1.29, 1.82) is 0 Å². The van der Waals surface area contributed by atoms with Crippen LogP contribution < -0.4 is 10.6 Å². The highest BCUT2D eigenvalue weighted by Gasteiger charge is 2.15. The number of amides is 1. The van der Waals surface area contributed by atoms with E-state index in [1.165, 1.54) is 23.9 Å². The van der Waals surface area contributed by atoms with Crippen molar-refractivity contribution >= 4 is 29.2 Å². The minimum Gasteiger partial charge on any atom is -0.376 e.